The van der Waals surface area contributed by atoms with Gasteiger partial charge < -0.3 is 18.6 Å². The van der Waals surface area contributed by atoms with Crippen LogP contribution in [0.1, 0.15) is 76.7 Å². The molecule has 1 fully saturated rings. The number of hydrogen-bond acceptors (Lipinski definition) is 9. The summed E-state index contributed by atoms with van der Waals surface area (Å²) < 4.78 is 22.7. The van der Waals surface area contributed by atoms with E-state index in [-0.39, 0.29) is 29.9 Å². The first kappa shape index (κ1) is 32.1. The molecule has 2 aromatic rings. The number of ether oxygens (including phenoxy) is 3. The summed E-state index contributed by atoms with van der Waals surface area (Å²) in [6.45, 7) is 10.0. The number of esters is 3. The lowest BCUT2D eigenvalue weighted by Crippen LogP contribution is -2.67. The highest BCUT2D eigenvalue weighted by Gasteiger charge is 2.70. The number of amides is 2. The molecule has 1 saturated carbocycles. The van der Waals surface area contributed by atoms with Crippen LogP contribution in [0.4, 0.5) is 0 Å². The van der Waals surface area contributed by atoms with Crippen molar-refractivity contribution < 1.29 is 42.6 Å². The SMILES string of the molecule is COC(=O)c1ccc([C@]2(O[Si](C)(C)C(C)(C)C)C[C@H](N3C(=O)c4ccccc4C3=O)CCC2(C(=O)OC)C(=O)OC)cc1. The van der Waals surface area contributed by atoms with Gasteiger partial charge in [0.2, 0.25) is 0 Å². The second-order valence-corrected chi connectivity index (χ2v) is 17.3. The Bertz CT molecular complexity index is 1410. The predicted octanol–water partition coefficient (Wildman–Crippen LogP) is 4.87. The maximum Gasteiger partial charge on any atom is 0.337 e. The Labute approximate surface area is 252 Å². The van der Waals surface area contributed by atoms with E-state index in [0.717, 1.165) is 0 Å². The molecule has 0 bridgehead atoms. The lowest BCUT2D eigenvalue weighted by Gasteiger charge is -2.56. The molecule has 11 heteroatoms. The fourth-order valence-corrected chi connectivity index (χ4v) is 7.61. The molecule has 2 aromatic carbocycles. The van der Waals surface area contributed by atoms with Crippen LogP contribution < -0.4 is 0 Å². The molecule has 0 aromatic heterocycles. The number of imide groups is 1. The summed E-state index contributed by atoms with van der Waals surface area (Å²) in [4.78, 5) is 68.7. The van der Waals surface area contributed by atoms with Crippen molar-refractivity contribution in [3.63, 3.8) is 0 Å². The Morgan fingerprint density at radius 2 is 1.35 bits per heavy atom. The van der Waals surface area contributed by atoms with Crippen LogP contribution >= 0.6 is 0 Å². The fraction of sp³-hybridized carbons (Fsp3) is 0.469. The minimum absolute atomic E-state index is 0.0905. The molecule has 2 atom stereocenters. The number of carbonyl (C=O) groups is 5. The number of nitrogens with zero attached hydrogens (tertiary/aromatic N) is 1. The lowest BCUT2D eigenvalue weighted by atomic mass is 9.58. The van der Waals surface area contributed by atoms with Gasteiger partial charge in [-0.25, -0.2) is 4.79 Å². The molecule has 0 unspecified atom stereocenters. The summed E-state index contributed by atoms with van der Waals surface area (Å²) in [6, 6.07) is 12.2. The van der Waals surface area contributed by atoms with Crippen molar-refractivity contribution in [2.45, 2.75) is 69.8 Å². The Hall–Kier alpha value is -3.83. The van der Waals surface area contributed by atoms with E-state index in [1.165, 1.54) is 38.4 Å². The number of benzene rings is 2. The average molecular weight is 610 g/mol. The van der Waals surface area contributed by atoms with Crippen molar-refractivity contribution in [1.82, 2.24) is 4.90 Å². The van der Waals surface area contributed by atoms with Crippen LogP contribution in [0.25, 0.3) is 0 Å². The fourth-order valence-electron chi connectivity index (χ4n) is 6.05. The number of methoxy groups -OCH3 is 3. The van der Waals surface area contributed by atoms with E-state index in [2.05, 4.69) is 0 Å². The van der Waals surface area contributed by atoms with Crippen LogP contribution in [0.2, 0.25) is 18.1 Å². The molecule has 43 heavy (non-hydrogen) atoms. The van der Waals surface area contributed by atoms with Crippen LogP contribution in [0.3, 0.4) is 0 Å². The molecule has 1 aliphatic heterocycles. The first-order valence-electron chi connectivity index (χ1n) is 14.1. The van der Waals surface area contributed by atoms with Crippen LogP contribution in [0.5, 0.6) is 0 Å². The zero-order valence-electron chi connectivity index (χ0n) is 25.9. The third kappa shape index (κ3) is 4.98. The van der Waals surface area contributed by atoms with E-state index in [9.17, 15) is 24.0 Å². The Morgan fingerprint density at radius 3 is 1.79 bits per heavy atom. The molecule has 0 N–H and O–H groups in total. The Morgan fingerprint density at radius 1 is 0.837 bits per heavy atom. The summed E-state index contributed by atoms with van der Waals surface area (Å²) in [7, 11) is 0.802. The van der Waals surface area contributed by atoms with Gasteiger partial charge in [-0.1, -0.05) is 45.0 Å². The molecule has 0 radical (unpaired) electrons. The lowest BCUT2D eigenvalue weighted by molar-refractivity contribution is -0.200. The van der Waals surface area contributed by atoms with Crippen LogP contribution in [0, 0.1) is 5.41 Å². The maximum atomic E-state index is 14.0. The zero-order chi connectivity index (χ0) is 32.0. The largest absolute Gasteiger partial charge is 0.468 e. The van der Waals surface area contributed by atoms with Gasteiger partial charge in [0, 0.05) is 12.5 Å². The van der Waals surface area contributed by atoms with Crippen LogP contribution in [-0.4, -0.2) is 70.3 Å². The highest BCUT2D eigenvalue weighted by molar-refractivity contribution is 6.74. The van der Waals surface area contributed by atoms with Crippen molar-refractivity contribution in [2.75, 3.05) is 21.3 Å². The number of rotatable bonds is 7. The standard InChI is InChI=1S/C32H39NO9Si/c1-30(2,3)43(7,8)42-32(21-15-13-20(14-16-21)27(36)39-4)19-22(17-18-31(32,28(37)40-5)29(38)41-6)33-25(34)23-11-9-10-12-24(23)26(33)35/h9-16,22H,17-19H2,1-8H3/t22-,32-/m1/s1. The van der Waals surface area contributed by atoms with Crippen molar-refractivity contribution in [2.24, 2.45) is 5.41 Å². The first-order valence-corrected chi connectivity index (χ1v) is 17.1. The van der Waals surface area contributed by atoms with Crippen molar-refractivity contribution in [3.05, 3.63) is 70.8 Å². The molecule has 0 spiro atoms. The highest BCUT2D eigenvalue weighted by Crippen LogP contribution is 2.58. The second-order valence-electron chi connectivity index (χ2n) is 12.6. The number of carbonyl (C=O) groups excluding carboxylic acids is 5. The van der Waals surface area contributed by atoms with Gasteiger partial charge in [-0.3, -0.25) is 24.1 Å². The van der Waals surface area contributed by atoms with Gasteiger partial charge in [0.05, 0.1) is 38.0 Å². The summed E-state index contributed by atoms with van der Waals surface area (Å²) in [5.41, 5.74) is -2.49. The summed E-state index contributed by atoms with van der Waals surface area (Å²) in [5, 5.41) is -0.383. The Balaban J connectivity index is 2.01. The van der Waals surface area contributed by atoms with Gasteiger partial charge in [0.25, 0.3) is 11.8 Å². The highest BCUT2D eigenvalue weighted by atomic mass is 28.4. The molecule has 1 aliphatic carbocycles. The molecule has 230 valence electrons. The summed E-state index contributed by atoms with van der Waals surface area (Å²) in [6.07, 6.45) is -0.0942. The molecular weight excluding hydrogens is 570 g/mol. The van der Waals surface area contributed by atoms with Gasteiger partial charge in [-0.15, -0.1) is 0 Å². The third-order valence-corrected chi connectivity index (χ3v) is 13.8. The van der Waals surface area contributed by atoms with Gasteiger partial charge in [0.1, 0.15) is 5.60 Å². The molecule has 2 amide bonds. The normalized spacial score (nSPS) is 21.7. The average Bonchev–Trinajstić information content (AvgIpc) is 3.24. The van der Waals surface area contributed by atoms with E-state index in [1.807, 2.05) is 33.9 Å². The zero-order valence-corrected chi connectivity index (χ0v) is 26.9. The summed E-state index contributed by atoms with van der Waals surface area (Å²) in [5.74, 6) is -3.16. The third-order valence-electron chi connectivity index (χ3n) is 9.33. The molecule has 1 heterocycles. The van der Waals surface area contributed by atoms with Gasteiger partial charge in [-0.05, 0) is 60.8 Å². The molecule has 10 nitrogen and oxygen atoms in total. The predicted molar refractivity (Wildman–Crippen MR) is 159 cm³/mol. The van der Waals surface area contributed by atoms with E-state index < -0.39 is 55.1 Å². The Kier molecular flexibility index (Phi) is 8.47. The number of fused-ring (bicyclic) bond motifs is 1. The van der Waals surface area contributed by atoms with Gasteiger partial charge >= 0.3 is 17.9 Å². The van der Waals surface area contributed by atoms with E-state index in [4.69, 9.17) is 18.6 Å². The first-order chi connectivity index (χ1) is 20.1. The van der Waals surface area contributed by atoms with Gasteiger partial charge in [0.15, 0.2) is 13.7 Å². The van der Waals surface area contributed by atoms with E-state index in [0.29, 0.717) is 16.7 Å². The summed E-state index contributed by atoms with van der Waals surface area (Å²) >= 11 is 0. The van der Waals surface area contributed by atoms with Crippen LogP contribution in [-0.2, 0) is 33.8 Å². The van der Waals surface area contributed by atoms with Gasteiger partial charge in [-0.2, -0.15) is 0 Å². The quantitative estimate of drug-likeness (QED) is 0.142. The molecule has 0 saturated heterocycles. The maximum absolute atomic E-state index is 14.0. The second kappa shape index (κ2) is 11.3. The van der Waals surface area contributed by atoms with Crippen molar-refractivity contribution in [3.8, 4) is 0 Å². The minimum atomic E-state index is -2.86. The topological polar surface area (TPSA) is 126 Å². The minimum Gasteiger partial charge on any atom is -0.468 e. The van der Waals surface area contributed by atoms with Crippen LogP contribution in [0.15, 0.2) is 48.5 Å². The van der Waals surface area contributed by atoms with E-state index >= 15 is 0 Å². The monoisotopic (exact) mass is 609 g/mol. The van der Waals surface area contributed by atoms with Crippen molar-refractivity contribution >= 4 is 38.0 Å². The van der Waals surface area contributed by atoms with Crippen molar-refractivity contribution in [1.29, 1.82) is 0 Å². The molecule has 4 rings (SSSR count). The smallest absolute Gasteiger partial charge is 0.337 e. The molecule has 2 aliphatic rings. The number of hydrogen-bond donors (Lipinski definition) is 0. The molecular formula is C32H39NO9Si. The van der Waals surface area contributed by atoms with E-state index in [1.54, 1.807) is 36.4 Å².